The topological polar surface area (TPSA) is 37.3 Å². The van der Waals surface area contributed by atoms with Crippen molar-refractivity contribution in [3.8, 4) is 0 Å². The predicted molar refractivity (Wildman–Crippen MR) is 98.5 cm³/mol. The lowest BCUT2D eigenvalue weighted by molar-refractivity contribution is 0.162. The molecule has 2 aromatic heterocycles. The lowest BCUT2D eigenvalue weighted by Crippen LogP contribution is -2.46. The molecule has 1 atom stereocenters. The molecule has 1 aliphatic heterocycles. The molecule has 3 heterocycles. The highest BCUT2D eigenvalue weighted by molar-refractivity contribution is 7.17. The minimum atomic E-state index is 0.0366. The van der Waals surface area contributed by atoms with Gasteiger partial charge in [0.05, 0.1) is 6.04 Å². The second-order valence-corrected chi connectivity index (χ2v) is 7.15. The molecule has 0 saturated carbocycles. The number of hydrogen-bond acceptors (Lipinski definition) is 2. The zero-order valence-corrected chi connectivity index (χ0v) is 14.6. The summed E-state index contributed by atoms with van der Waals surface area (Å²) < 4.78 is 3.54. The van der Waals surface area contributed by atoms with Crippen LogP contribution in [0.3, 0.4) is 0 Å². The number of nitrogens with zero attached hydrogens (tertiary/aromatic N) is 2. The van der Waals surface area contributed by atoms with Gasteiger partial charge in [-0.15, -0.1) is 11.3 Å². The van der Waals surface area contributed by atoms with Gasteiger partial charge in [-0.05, 0) is 47.9 Å². The maximum atomic E-state index is 12.5. The minimum Gasteiger partial charge on any atom is -0.348 e. The minimum absolute atomic E-state index is 0.0366. The zero-order valence-electron chi connectivity index (χ0n) is 13.7. The number of urea groups is 1. The summed E-state index contributed by atoms with van der Waals surface area (Å²) in [7, 11) is 0. The molecule has 4 rings (SSSR count). The van der Waals surface area contributed by atoms with Crippen LogP contribution in [-0.2, 0) is 13.0 Å². The maximum absolute atomic E-state index is 12.5. The van der Waals surface area contributed by atoms with Crippen LogP contribution in [0.1, 0.15) is 24.2 Å². The van der Waals surface area contributed by atoms with E-state index < -0.39 is 0 Å². The third-order valence-electron chi connectivity index (χ3n) is 4.83. The predicted octanol–water partition coefficient (Wildman–Crippen LogP) is 4.03. The fraction of sp³-hybridized carbons (Fsp3) is 0.316. The molecule has 4 nitrogen and oxygen atoms in total. The van der Waals surface area contributed by atoms with Crippen molar-refractivity contribution in [2.24, 2.45) is 0 Å². The van der Waals surface area contributed by atoms with Crippen LogP contribution in [-0.4, -0.2) is 28.6 Å². The fourth-order valence-electron chi connectivity index (χ4n) is 3.49. The van der Waals surface area contributed by atoms with Crippen LogP contribution in [0.15, 0.2) is 48.0 Å². The Labute approximate surface area is 145 Å². The van der Waals surface area contributed by atoms with E-state index in [9.17, 15) is 4.79 Å². The van der Waals surface area contributed by atoms with E-state index in [1.807, 2.05) is 4.90 Å². The number of amides is 2. The summed E-state index contributed by atoms with van der Waals surface area (Å²) >= 11 is 1.77. The fourth-order valence-corrected chi connectivity index (χ4v) is 4.49. The Morgan fingerprint density at radius 2 is 2.12 bits per heavy atom. The molecule has 124 valence electrons. The number of carbonyl (C=O) groups excluding carboxylic acids is 1. The molecule has 0 bridgehead atoms. The number of nitrogens with one attached hydrogen (secondary N) is 1. The highest BCUT2D eigenvalue weighted by Crippen LogP contribution is 2.26. The molecule has 0 radical (unpaired) electrons. The van der Waals surface area contributed by atoms with E-state index >= 15 is 0 Å². The van der Waals surface area contributed by atoms with E-state index in [4.69, 9.17) is 0 Å². The van der Waals surface area contributed by atoms with Crippen molar-refractivity contribution in [3.63, 3.8) is 0 Å². The first-order valence-corrected chi connectivity index (χ1v) is 9.26. The molecule has 1 aromatic carbocycles. The Kier molecular flexibility index (Phi) is 4.02. The molecule has 2 amide bonds. The van der Waals surface area contributed by atoms with Gasteiger partial charge in [-0.2, -0.15) is 0 Å². The Morgan fingerprint density at radius 1 is 1.25 bits per heavy atom. The third kappa shape index (κ3) is 2.69. The maximum Gasteiger partial charge on any atom is 0.318 e. The zero-order chi connectivity index (χ0) is 16.5. The number of hydrogen-bond donors (Lipinski definition) is 1. The average Bonchev–Trinajstić information content (AvgIpc) is 3.23. The first kappa shape index (κ1) is 15.3. The number of carbonyl (C=O) groups is 1. The van der Waals surface area contributed by atoms with Crippen LogP contribution in [0.25, 0.3) is 10.1 Å². The first-order chi connectivity index (χ1) is 11.7. The number of thiophene rings is 1. The Hall–Kier alpha value is -2.27. The van der Waals surface area contributed by atoms with Crippen LogP contribution in [0, 0.1) is 0 Å². The number of benzene rings is 1. The summed E-state index contributed by atoms with van der Waals surface area (Å²) in [5, 5.41) is 6.60. The Balaban J connectivity index is 1.37. The van der Waals surface area contributed by atoms with E-state index in [1.165, 1.54) is 21.3 Å². The summed E-state index contributed by atoms with van der Waals surface area (Å²) in [5.74, 6) is 0. The van der Waals surface area contributed by atoms with Crippen LogP contribution in [0.2, 0.25) is 0 Å². The molecule has 0 spiro atoms. The monoisotopic (exact) mass is 339 g/mol. The molecule has 0 saturated heterocycles. The van der Waals surface area contributed by atoms with Crippen LogP contribution >= 0.6 is 11.3 Å². The van der Waals surface area contributed by atoms with Gasteiger partial charge in [0, 0.05) is 36.2 Å². The molecule has 1 aliphatic rings. The molecule has 0 fully saturated rings. The Bertz CT molecular complexity index is 866. The standard InChI is InChI=1S/C19H21N3OS/c1-14-17-6-4-10-21(17)11-12-22(14)19(23)20-9-8-15-13-24-18-7-3-2-5-16(15)18/h2-7,10,13-14H,8-9,11-12H2,1H3,(H,20,23). The van der Waals surface area contributed by atoms with E-state index in [-0.39, 0.29) is 12.1 Å². The summed E-state index contributed by atoms with van der Waals surface area (Å²) in [6.45, 7) is 4.39. The van der Waals surface area contributed by atoms with E-state index in [0.29, 0.717) is 6.54 Å². The van der Waals surface area contributed by atoms with Gasteiger partial charge in [0.2, 0.25) is 0 Å². The second kappa shape index (κ2) is 6.32. The number of rotatable bonds is 3. The quantitative estimate of drug-likeness (QED) is 0.768. The summed E-state index contributed by atoms with van der Waals surface area (Å²) in [6, 6.07) is 12.7. The van der Waals surface area contributed by atoms with E-state index in [1.54, 1.807) is 11.3 Å². The SMILES string of the molecule is CC1c2cccn2CCN1C(=O)NCCc1csc2ccccc12. The third-order valence-corrected chi connectivity index (χ3v) is 5.85. The molecule has 3 aromatic rings. The van der Waals surface area contributed by atoms with Crippen molar-refractivity contribution in [2.45, 2.75) is 25.9 Å². The molecule has 1 unspecified atom stereocenters. The lowest BCUT2D eigenvalue weighted by Gasteiger charge is -2.34. The second-order valence-electron chi connectivity index (χ2n) is 6.23. The smallest absolute Gasteiger partial charge is 0.318 e. The average molecular weight is 339 g/mol. The van der Waals surface area contributed by atoms with Gasteiger partial charge in [-0.1, -0.05) is 18.2 Å². The highest BCUT2D eigenvalue weighted by atomic mass is 32.1. The summed E-state index contributed by atoms with van der Waals surface area (Å²) in [6.07, 6.45) is 2.96. The molecule has 0 aliphatic carbocycles. The van der Waals surface area contributed by atoms with Crippen LogP contribution in [0.4, 0.5) is 4.79 Å². The van der Waals surface area contributed by atoms with E-state index in [0.717, 1.165) is 19.5 Å². The first-order valence-electron chi connectivity index (χ1n) is 8.38. The summed E-state index contributed by atoms with van der Waals surface area (Å²) in [4.78, 5) is 14.5. The Morgan fingerprint density at radius 3 is 3.04 bits per heavy atom. The molecule has 24 heavy (non-hydrogen) atoms. The summed E-state index contributed by atoms with van der Waals surface area (Å²) in [5.41, 5.74) is 2.52. The van der Waals surface area contributed by atoms with Gasteiger partial charge < -0.3 is 14.8 Å². The molecule has 5 heteroatoms. The van der Waals surface area contributed by atoms with Crippen LogP contribution in [0.5, 0.6) is 0 Å². The van der Waals surface area contributed by atoms with Crippen molar-refractivity contribution in [2.75, 3.05) is 13.1 Å². The van der Waals surface area contributed by atoms with Crippen molar-refractivity contribution < 1.29 is 4.79 Å². The van der Waals surface area contributed by atoms with Crippen molar-refractivity contribution in [1.82, 2.24) is 14.8 Å². The van der Waals surface area contributed by atoms with Gasteiger partial charge >= 0.3 is 6.03 Å². The van der Waals surface area contributed by atoms with Crippen LogP contribution < -0.4 is 5.32 Å². The largest absolute Gasteiger partial charge is 0.348 e. The number of aromatic nitrogens is 1. The van der Waals surface area contributed by atoms with Gasteiger partial charge in [0.25, 0.3) is 0 Å². The van der Waals surface area contributed by atoms with Crippen molar-refractivity contribution in [1.29, 1.82) is 0 Å². The van der Waals surface area contributed by atoms with Gasteiger partial charge in [-0.25, -0.2) is 4.79 Å². The lowest BCUT2D eigenvalue weighted by atomic mass is 10.1. The molecular formula is C19H21N3OS. The molecule has 1 N–H and O–H groups in total. The normalized spacial score (nSPS) is 17.0. The highest BCUT2D eigenvalue weighted by Gasteiger charge is 2.26. The van der Waals surface area contributed by atoms with E-state index in [2.05, 4.69) is 64.8 Å². The van der Waals surface area contributed by atoms with Gasteiger partial charge in [-0.3, -0.25) is 0 Å². The van der Waals surface area contributed by atoms with Crippen molar-refractivity contribution >= 4 is 27.5 Å². The number of fused-ring (bicyclic) bond motifs is 2. The van der Waals surface area contributed by atoms with Gasteiger partial charge in [0.15, 0.2) is 0 Å². The molecular weight excluding hydrogens is 318 g/mol. The van der Waals surface area contributed by atoms with Crippen molar-refractivity contribution in [3.05, 3.63) is 59.2 Å². The van der Waals surface area contributed by atoms with Gasteiger partial charge in [0.1, 0.15) is 0 Å².